The van der Waals surface area contributed by atoms with Crippen LogP contribution in [0, 0.1) is 6.92 Å². The van der Waals surface area contributed by atoms with E-state index in [0.717, 1.165) is 29.9 Å². The molecule has 3 heterocycles. The Bertz CT molecular complexity index is 1410. The number of amides is 2. The van der Waals surface area contributed by atoms with E-state index in [0.29, 0.717) is 41.7 Å². The summed E-state index contributed by atoms with van der Waals surface area (Å²) in [4.78, 5) is 32.2. The smallest absolute Gasteiger partial charge is 0.254 e. The number of benzene rings is 2. The molecule has 1 fully saturated rings. The number of anilines is 1. The molecule has 200 valence electrons. The summed E-state index contributed by atoms with van der Waals surface area (Å²) in [6.45, 7) is 4.67. The van der Waals surface area contributed by atoms with Crippen LogP contribution in [0.25, 0.3) is 11.3 Å². The number of rotatable bonds is 7. The molecule has 1 aliphatic heterocycles. The molecule has 0 saturated carbocycles. The zero-order valence-corrected chi connectivity index (χ0v) is 22.6. The van der Waals surface area contributed by atoms with Gasteiger partial charge >= 0.3 is 0 Å². The van der Waals surface area contributed by atoms with Crippen molar-refractivity contribution in [2.45, 2.75) is 19.9 Å². The lowest BCUT2D eigenvalue weighted by Gasteiger charge is -2.27. The van der Waals surface area contributed by atoms with Crippen molar-refractivity contribution >= 4 is 29.2 Å². The molecule has 0 spiro atoms. The molecule has 2 aromatic heterocycles. The average Bonchev–Trinajstić information content (AvgIpc) is 3.34. The highest BCUT2D eigenvalue weighted by Crippen LogP contribution is 2.26. The highest BCUT2D eigenvalue weighted by molar-refractivity contribution is 6.33. The largest absolute Gasteiger partial charge is 0.467 e. The van der Waals surface area contributed by atoms with Crippen LogP contribution in [-0.4, -0.2) is 64.5 Å². The number of carbonyl (C=O) groups excluding carboxylic acids is 2. The summed E-state index contributed by atoms with van der Waals surface area (Å²) in [5.41, 5.74) is 3.16. The molecular formula is C30H30ClN5O3. The molecular weight excluding hydrogens is 514 g/mol. The van der Waals surface area contributed by atoms with E-state index < -0.39 is 0 Å². The second kappa shape index (κ2) is 12.1. The molecule has 2 aromatic carbocycles. The van der Waals surface area contributed by atoms with Crippen LogP contribution in [0.2, 0.25) is 5.02 Å². The molecule has 0 bridgehead atoms. The maximum Gasteiger partial charge on any atom is 0.254 e. The molecule has 39 heavy (non-hydrogen) atoms. The van der Waals surface area contributed by atoms with E-state index in [2.05, 4.69) is 15.1 Å². The van der Waals surface area contributed by atoms with Crippen LogP contribution >= 0.6 is 11.6 Å². The Balaban J connectivity index is 1.24. The number of aromatic nitrogens is 2. The summed E-state index contributed by atoms with van der Waals surface area (Å²) in [5, 5.41) is 9.45. The normalized spacial score (nSPS) is 13.7. The van der Waals surface area contributed by atoms with Gasteiger partial charge in [0.05, 0.1) is 23.5 Å². The third kappa shape index (κ3) is 6.46. The van der Waals surface area contributed by atoms with Gasteiger partial charge in [0.1, 0.15) is 12.3 Å². The number of aryl methyl sites for hydroxylation is 1. The molecule has 0 aliphatic carbocycles. The summed E-state index contributed by atoms with van der Waals surface area (Å²) < 4.78 is 5.48. The molecule has 9 heteroatoms. The Labute approximate surface area is 232 Å². The van der Waals surface area contributed by atoms with Gasteiger partial charge in [-0.1, -0.05) is 47.5 Å². The molecule has 0 atom stereocenters. The van der Waals surface area contributed by atoms with Crippen molar-refractivity contribution < 1.29 is 14.0 Å². The van der Waals surface area contributed by atoms with Crippen molar-refractivity contribution in [1.82, 2.24) is 20.0 Å². The van der Waals surface area contributed by atoms with Gasteiger partial charge in [-0.05, 0) is 55.8 Å². The van der Waals surface area contributed by atoms with Gasteiger partial charge in [-0.2, -0.15) is 0 Å². The quantitative estimate of drug-likeness (QED) is 0.323. The lowest BCUT2D eigenvalue weighted by molar-refractivity contribution is -0.131. The standard InChI is InChI=1S/C30H30ClN5O3/c1-22-9-11-23(12-10-22)30(38)36(20-24-6-4-19-39-24)21-29(37)35-16-5-15-34(17-18-35)28-14-13-27(32-33-28)25-7-2-3-8-26(25)31/h2-4,6-14,19H,5,15-18,20-21H2,1H3. The summed E-state index contributed by atoms with van der Waals surface area (Å²) in [7, 11) is 0. The second-order valence-corrected chi connectivity index (χ2v) is 9.99. The SMILES string of the molecule is Cc1ccc(C(=O)N(CC(=O)N2CCCN(c3ccc(-c4ccccc4Cl)nn3)CC2)Cc2ccco2)cc1. The van der Waals surface area contributed by atoms with Crippen LogP contribution in [0.1, 0.15) is 28.1 Å². The first-order chi connectivity index (χ1) is 19.0. The number of nitrogens with zero attached hydrogens (tertiary/aromatic N) is 5. The molecule has 0 radical (unpaired) electrons. The summed E-state index contributed by atoms with van der Waals surface area (Å²) in [5.74, 6) is 1.09. The van der Waals surface area contributed by atoms with Gasteiger partial charge in [0.15, 0.2) is 5.82 Å². The average molecular weight is 544 g/mol. The van der Waals surface area contributed by atoms with E-state index in [-0.39, 0.29) is 24.9 Å². The monoisotopic (exact) mass is 543 g/mol. The molecule has 0 unspecified atom stereocenters. The highest BCUT2D eigenvalue weighted by atomic mass is 35.5. The van der Waals surface area contributed by atoms with Crippen LogP contribution in [0.15, 0.2) is 83.5 Å². The fourth-order valence-corrected chi connectivity index (χ4v) is 4.87. The van der Waals surface area contributed by atoms with Crippen molar-refractivity contribution in [3.05, 3.63) is 101 Å². The molecule has 4 aromatic rings. The number of hydrogen-bond donors (Lipinski definition) is 0. The summed E-state index contributed by atoms with van der Waals surface area (Å²) in [6, 6.07) is 22.4. The van der Waals surface area contributed by atoms with Crippen LogP contribution in [0.4, 0.5) is 5.82 Å². The van der Waals surface area contributed by atoms with Crippen LogP contribution in [-0.2, 0) is 11.3 Å². The Morgan fingerprint density at radius 1 is 0.923 bits per heavy atom. The van der Waals surface area contributed by atoms with Crippen molar-refractivity contribution in [3.63, 3.8) is 0 Å². The van der Waals surface area contributed by atoms with Gasteiger partial charge in [0.25, 0.3) is 5.91 Å². The predicted molar refractivity (Wildman–Crippen MR) is 151 cm³/mol. The molecule has 8 nitrogen and oxygen atoms in total. The molecule has 1 saturated heterocycles. The maximum absolute atomic E-state index is 13.4. The highest BCUT2D eigenvalue weighted by Gasteiger charge is 2.25. The Kier molecular flexibility index (Phi) is 8.22. The minimum absolute atomic E-state index is 0.0280. The van der Waals surface area contributed by atoms with Crippen LogP contribution < -0.4 is 4.90 Å². The number of carbonyl (C=O) groups is 2. The first-order valence-electron chi connectivity index (χ1n) is 13.0. The molecule has 5 rings (SSSR count). The van der Waals surface area contributed by atoms with Gasteiger partial charge in [0.2, 0.25) is 5.91 Å². The van der Waals surface area contributed by atoms with Crippen molar-refractivity contribution in [2.75, 3.05) is 37.6 Å². The molecule has 2 amide bonds. The van der Waals surface area contributed by atoms with E-state index in [9.17, 15) is 9.59 Å². The minimum atomic E-state index is -0.204. The van der Waals surface area contributed by atoms with Crippen molar-refractivity contribution in [1.29, 1.82) is 0 Å². The zero-order chi connectivity index (χ0) is 27.2. The number of hydrogen-bond acceptors (Lipinski definition) is 6. The van der Waals surface area contributed by atoms with E-state index in [4.69, 9.17) is 16.0 Å². The molecule has 0 N–H and O–H groups in total. The van der Waals surface area contributed by atoms with Gasteiger partial charge in [-0.25, -0.2) is 0 Å². The Morgan fingerprint density at radius 2 is 1.74 bits per heavy atom. The van der Waals surface area contributed by atoms with Crippen LogP contribution in [0.3, 0.4) is 0 Å². The maximum atomic E-state index is 13.4. The Hall–Kier alpha value is -4.17. The third-order valence-electron chi connectivity index (χ3n) is 6.81. The summed E-state index contributed by atoms with van der Waals surface area (Å²) >= 11 is 6.31. The summed E-state index contributed by atoms with van der Waals surface area (Å²) in [6.07, 6.45) is 2.35. The van der Waals surface area contributed by atoms with E-state index >= 15 is 0 Å². The van der Waals surface area contributed by atoms with Gasteiger partial charge in [0, 0.05) is 37.3 Å². The lowest BCUT2D eigenvalue weighted by Crippen LogP contribution is -2.44. The predicted octanol–water partition coefficient (Wildman–Crippen LogP) is 5.08. The fraction of sp³-hybridized carbons (Fsp3) is 0.267. The first-order valence-corrected chi connectivity index (χ1v) is 13.4. The van der Waals surface area contributed by atoms with E-state index in [1.165, 1.54) is 0 Å². The van der Waals surface area contributed by atoms with E-state index in [1.54, 1.807) is 29.4 Å². The number of furan rings is 1. The zero-order valence-electron chi connectivity index (χ0n) is 21.8. The van der Waals surface area contributed by atoms with Crippen molar-refractivity contribution in [2.24, 2.45) is 0 Å². The Morgan fingerprint density at radius 3 is 2.46 bits per heavy atom. The fourth-order valence-electron chi connectivity index (χ4n) is 4.63. The topological polar surface area (TPSA) is 82.8 Å². The third-order valence-corrected chi connectivity index (χ3v) is 7.14. The van der Waals surface area contributed by atoms with Gasteiger partial charge in [-0.15, -0.1) is 10.2 Å². The number of halogens is 1. The van der Waals surface area contributed by atoms with Gasteiger partial charge in [-0.3, -0.25) is 9.59 Å². The molecule has 1 aliphatic rings. The second-order valence-electron chi connectivity index (χ2n) is 9.58. The first kappa shape index (κ1) is 26.4. The van der Waals surface area contributed by atoms with Gasteiger partial charge < -0.3 is 19.1 Å². The van der Waals surface area contributed by atoms with E-state index in [1.807, 2.05) is 66.4 Å². The minimum Gasteiger partial charge on any atom is -0.467 e. The van der Waals surface area contributed by atoms with Crippen molar-refractivity contribution in [3.8, 4) is 11.3 Å². The van der Waals surface area contributed by atoms with Crippen LogP contribution in [0.5, 0.6) is 0 Å². The lowest BCUT2D eigenvalue weighted by atomic mass is 10.1.